The Bertz CT molecular complexity index is 1080. The first-order valence-corrected chi connectivity index (χ1v) is 10.7. The highest BCUT2D eigenvalue weighted by Gasteiger charge is 2.50. The number of benzene rings is 2. The fourth-order valence-corrected chi connectivity index (χ4v) is 4.08. The summed E-state index contributed by atoms with van der Waals surface area (Å²) in [4.78, 5) is 31.8. The topological polar surface area (TPSA) is 76.6 Å². The van der Waals surface area contributed by atoms with E-state index >= 15 is 0 Å². The van der Waals surface area contributed by atoms with E-state index in [1.807, 2.05) is 42.6 Å². The molecule has 3 aromatic rings. The van der Waals surface area contributed by atoms with Crippen molar-refractivity contribution in [3.63, 3.8) is 0 Å². The minimum atomic E-state index is -1.14. The second kappa shape index (κ2) is 7.71. The number of nitrogens with one attached hydrogen (secondary N) is 1. The maximum Gasteiger partial charge on any atom is 0.254 e. The van der Waals surface area contributed by atoms with Crippen LogP contribution in [0.5, 0.6) is 0 Å². The van der Waals surface area contributed by atoms with E-state index in [4.69, 9.17) is 0 Å². The number of rotatable bonds is 4. The van der Waals surface area contributed by atoms with Crippen LogP contribution in [0.2, 0.25) is 0 Å². The van der Waals surface area contributed by atoms with Gasteiger partial charge in [0.2, 0.25) is 0 Å². The van der Waals surface area contributed by atoms with Gasteiger partial charge in [-0.25, -0.2) is 0 Å². The lowest BCUT2D eigenvalue weighted by Crippen LogP contribution is -2.53. The number of aliphatic hydroxyl groups is 1. The summed E-state index contributed by atoms with van der Waals surface area (Å²) in [6.07, 6.45) is 3.00. The molecule has 1 aromatic heterocycles. The van der Waals surface area contributed by atoms with E-state index in [-0.39, 0.29) is 11.8 Å². The van der Waals surface area contributed by atoms with E-state index in [1.54, 1.807) is 9.80 Å². The number of aromatic nitrogens is 1. The third-order valence-corrected chi connectivity index (χ3v) is 6.23. The average molecular weight is 415 g/mol. The molecule has 2 fully saturated rings. The van der Waals surface area contributed by atoms with Crippen LogP contribution < -0.4 is 0 Å². The molecule has 6 heteroatoms. The number of nitrogens with zero attached hydrogens (tertiary/aromatic N) is 2. The molecule has 5 rings (SSSR count). The standard InChI is InChI=1S/C25H25N3O3/c29-23(27-14-16-28(17-15-27)24(30)25(31)11-12-25)21-9-5-19(6-10-21)18-3-7-20(8-4-18)22-2-1-13-26-22/h1-10,13,26,31H,11-12,14-17H2. The number of hydrogen-bond acceptors (Lipinski definition) is 3. The van der Waals surface area contributed by atoms with Crippen LogP contribution >= 0.6 is 0 Å². The Kier molecular flexibility index (Phi) is 4.87. The number of carbonyl (C=O) groups is 2. The Morgan fingerprint density at radius 1 is 0.774 bits per heavy atom. The van der Waals surface area contributed by atoms with Crippen molar-refractivity contribution in [2.24, 2.45) is 0 Å². The summed E-state index contributed by atoms with van der Waals surface area (Å²) < 4.78 is 0. The number of H-pyrrole nitrogens is 1. The van der Waals surface area contributed by atoms with Crippen molar-refractivity contribution in [3.8, 4) is 22.4 Å². The number of amides is 2. The molecule has 6 nitrogen and oxygen atoms in total. The predicted molar refractivity (Wildman–Crippen MR) is 118 cm³/mol. The minimum Gasteiger partial charge on any atom is -0.380 e. The number of hydrogen-bond donors (Lipinski definition) is 2. The molecule has 0 bridgehead atoms. The van der Waals surface area contributed by atoms with Crippen LogP contribution in [-0.4, -0.2) is 63.5 Å². The van der Waals surface area contributed by atoms with Gasteiger partial charge >= 0.3 is 0 Å². The third-order valence-electron chi connectivity index (χ3n) is 6.23. The lowest BCUT2D eigenvalue weighted by molar-refractivity contribution is -0.143. The van der Waals surface area contributed by atoms with Crippen molar-refractivity contribution in [2.75, 3.05) is 26.2 Å². The fourth-order valence-electron chi connectivity index (χ4n) is 4.08. The molecule has 1 saturated heterocycles. The second-order valence-corrected chi connectivity index (χ2v) is 8.35. The second-order valence-electron chi connectivity index (χ2n) is 8.35. The van der Waals surface area contributed by atoms with Gasteiger partial charge in [-0.15, -0.1) is 0 Å². The zero-order valence-electron chi connectivity index (χ0n) is 17.3. The molecule has 2 heterocycles. The van der Waals surface area contributed by atoms with Crippen molar-refractivity contribution in [1.29, 1.82) is 0 Å². The molecule has 0 spiro atoms. The third kappa shape index (κ3) is 3.86. The maximum absolute atomic E-state index is 12.9. The van der Waals surface area contributed by atoms with Gasteiger partial charge in [0.1, 0.15) is 5.60 Å². The average Bonchev–Trinajstić information content (AvgIpc) is 3.34. The Morgan fingerprint density at radius 3 is 1.87 bits per heavy atom. The van der Waals surface area contributed by atoms with Gasteiger partial charge in [0.05, 0.1) is 0 Å². The molecular weight excluding hydrogens is 390 g/mol. The molecule has 1 aliphatic carbocycles. The molecule has 1 saturated carbocycles. The zero-order valence-corrected chi connectivity index (χ0v) is 17.3. The van der Waals surface area contributed by atoms with Crippen LogP contribution in [0.4, 0.5) is 0 Å². The first-order chi connectivity index (χ1) is 15.0. The quantitative estimate of drug-likeness (QED) is 0.687. The van der Waals surface area contributed by atoms with Gasteiger partial charge in [-0.2, -0.15) is 0 Å². The van der Waals surface area contributed by atoms with E-state index in [0.717, 1.165) is 22.4 Å². The van der Waals surface area contributed by atoms with Crippen LogP contribution in [0, 0.1) is 0 Å². The predicted octanol–water partition coefficient (Wildman–Crippen LogP) is 3.16. The van der Waals surface area contributed by atoms with Gasteiger partial charge in [-0.3, -0.25) is 9.59 Å². The first-order valence-electron chi connectivity index (χ1n) is 10.7. The number of carbonyl (C=O) groups excluding carboxylic acids is 2. The normalized spacial score (nSPS) is 17.5. The van der Waals surface area contributed by atoms with E-state index in [0.29, 0.717) is 44.6 Å². The molecule has 158 valence electrons. The van der Waals surface area contributed by atoms with Gasteiger partial charge in [0, 0.05) is 43.6 Å². The summed E-state index contributed by atoms with van der Waals surface area (Å²) in [5.41, 5.74) is 3.88. The summed E-state index contributed by atoms with van der Waals surface area (Å²) in [6.45, 7) is 1.92. The van der Waals surface area contributed by atoms with Crippen molar-refractivity contribution in [3.05, 3.63) is 72.4 Å². The zero-order chi connectivity index (χ0) is 21.4. The van der Waals surface area contributed by atoms with Crippen LogP contribution in [0.15, 0.2) is 66.9 Å². The van der Waals surface area contributed by atoms with Crippen LogP contribution in [0.1, 0.15) is 23.2 Å². The molecule has 2 amide bonds. The Morgan fingerprint density at radius 2 is 1.32 bits per heavy atom. The van der Waals surface area contributed by atoms with Gasteiger partial charge in [-0.1, -0.05) is 36.4 Å². The van der Waals surface area contributed by atoms with E-state index < -0.39 is 5.60 Å². The molecule has 2 aliphatic rings. The molecule has 0 atom stereocenters. The molecule has 0 unspecified atom stereocenters. The smallest absolute Gasteiger partial charge is 0.254 e. The van der Waals surface area contributed by atoms with Crippen molar-refractivity contribution in [2.45, 2.75) is 18.4 Å². The SMILES string of the molecule is O=C(c1ccc(-c2ccc(-c3ccc[nH]3)cc2)cc1)N1CCN(C(=O)C2(O)CC2)CC1. The highest BCUT2D eigenvalue weighted by atomic mass is 16.3. The monoisotopic (exact) mass is 415 g/mol. The highest BCUT2D eigenvalue weighted by Crippen LogP contribution is 2.37. The Hall–Kier alpha value is -3.38. The van der Waals surface area contributed by atoms with Gasteiger partial charge in [0.15, 0.2) is 0 Å². The summed E-state index contributed by atoms with van der Waals surface area (Å²) in [5, 5.41) is 10.0. The van der Waals surface area contributed by atoms with Crippen molar-refractivity contribution in [1.82, 2.24) is 14.8 Å². The Labute approximate surface area is 181 Å². The maximum atomic E-state index is 12.9. The summed E-state index contributed by atoms with van der Waals surface area (Å²) in [5.74, 6) is -0.211. The van der Waals surface area contributed by atoms with Gasteiger partial charge in [-0.05, 0) is 53.8 Å². The molecule has 2 N–H and O–H groups in total. The van der Waals surface area contributed by atoms with E-state index in [2.05, 4.69) is 29.2 Å². The van der Waals surface area contributed by atoms with Crippen LogP contribution in [-0.2, 0) is 4.79 Å². The van der Waals surface area contributed by atoms with Crippen molar-refractivity contribution < 1.29 is 14.7 Å². The lowest BCUT2D eigenvalue weighted by atomic mass is 10.0. The largest absolute Gasteiger partial charge is 0.380 e. The van der Waals surface area contributed by atoms with E-state index in [1.165, 1.54) is 0 Å². The van der Waals surface area contributed by atoms with Crippen LogP contribution in [0.25, 0.3) is 22.4 Å². The van der Waals surface area contributed by atoms with Crippen molar-refractivity contribution >= 4 is 11.8 Å². The fraction of sp³-hybridized carbons (Fsp3) is 0.280. The van der Waals surface area contributed by atoms with Gasteiger partial charge in [0.25, 0.3) is 11.8 Å². The molecular formula is C25H25N3O3. The summed E-state index contributed by atoms with van der Waals surface area (Å²) >= 11 is 0. The summed E-state index contributed by atoms with van der Waals surface area (Å²) in [6, 6.07) is 20.0. The van der Waals surface area contributed by atoms with E-state index in [9.17, 15) is 14.7 Å². The minimum absolute atomic E-state index is 0.0223. The molecule has 31 heavy (non-hydrogen) atoms. The molecule has 0 radical (unpaired) electrons. The van der Waals surface area contributed by atoms with Crippen LogP contribution in [0.3, 0.4) is 0 Å². The Balaban J connectivity index is 1.22. The first kappa shape index (κ1) is 19.6. The summed E-state index contributed by atoms with van der Waals surface area (Å²) in [7, 11) is 0. The number of piperazine rings is 1. The lowest BCUT2D eigenvalue weighted by Gasteiger charge is -2.35. The van der Waals surface area contributed by atoms with Gasteiger partial charge < -0.3 is 19.9 Å². The number of aromatic amines is 1. The highest BCUT2D eigenvalue weighted by molar-refractivity contribution is 5.95. The molecule has 1 aliphatic heterocycles. The molecule has 2 aromatic carbocycles.